The van der Waals surface area contributed by atoms with Crippen LogP contribution in [0.4, 0.5) is 4.70 Å². The van der Waals surface area contributed by atoms with E-state index in [9.17, 15) is 0 Å². The lowest BCUT2D eigenvalue weighted by Gasteiger charge is -2.02. The van der Waals surface area contributed by atoms with Crippen LogP contribution >= 0.6 is 0 Å². The first-order chi connectivity index (χ1) is 13.7. The third-order valence-corrected chi connectivity index (χ3v) is 5.24. The molecule has 0 heterocycles. The summed E-state index contributed by atoms with van der Waals surface area (Å²) in [6, 6.07) is 34.3. The molecule has 0 aromatic heterocycles. The maximum absolute atomic E-state index is 3.74. The summed E-state index contributed by atoms with van der Waals surface area (Å²) < 4.78 is 0. The van der Waals surface area contributed by atoms with Gasteiger partial charge in [-0.25, -0.2) is 0 Å². The van der Waals surface area contributed by atoms with E-state index in [0.717, 1.165) is 12.0 Å². The summed E-state index contributed by atoms with van der Waals surface area (Å²) >= 11 is 0. The van der Waals surface area contributed by atoms with Crippen molar-refractivity contribution in [3.05, 3.63) is 126 Å². The van der Waals surface area contributed by atoms with E-state index in [1.165, 1.54) is 38.9 Å². The Labute approximate surface area is 172 Å². The third-order valence-electron chi connectivity index (χ3n) is 5.24. The average Bonchev–Trinajstić information content (AvgIpc) is 3.14. The minimum Gasteiger partial charge on any atom is -0.269 e. The first-order valence-electron chi connectivity index (χ1n) is 9.70. The van der Waals surface area contributed by atoms with Crippen molar-refractivity contribution in [1.82, 2.24) is 0 Å². The Morgan fingerprint density at radius 1 is 0.621 bits per heavy atom. The molecule has 4 aromatic rings. The predicted octanol–water partition coefficient (Wildman–Crippen LogP) is 7.72. The van der Waals surface area contributed by atoms with Crippen LogP contribution < -0.4 is 0 Å². The van der Waals surface area contributed by atoms with E-state index in [0.29, 0.717) is 0 Å². The number of benzene rings is 4. The summed E-state index contributed by atoms with van der Waals surface area (Å²) in [5.41, 5.74) is 10.7. The van der Waals surface area contributed by atoms with Crippen LogP contribution in [0.25, 0.3) is 28.3 Å². The second-order valence-electron chi connectivity index (χ2n) is 7.18. The molecule has 0 radical (unpaired) electrons. The Balaban J connectivity index is 0.000000161. The van der Waals surface area contributed by atoms with Gasteiger partial charge in [0.2, 0.25) is 0 Å². The van der Waals surface area contributed by atoms with Crippen LogP contribution in [0.5, 0.6) is 0 Å². The van der Waals surface area contributed by atoms with Crippen molar-refractivity contribution in [3.63, 3.8) is 0 Å². The smallest absolute Gasteiger partial charge is 0.00135 e. The zero-order valence-electron chi connectivity index (χ0n) is 16.6. The lowest BCUT2D eigenvalue weighted by molar-refractivity contribution is 1.11. The molecule has 0 saturated heterocycles. The average molecular weight is 381 g/mol. The largest absolute Gasteiger partial charge is 0.269 e. The summed E-state index contributed by atoms with van der Waals surface area (Å²) in [5, 5.41) is 0. The van der Waals surface area contributed by atoms with Gasteiger partial charge in [0.15, 0.2) is 0 Å². The lowest BCUT2D eigenvalue weighted by atomic mass is 10.0. The van der Waals surface area contributed by atoms with E-state index in [4.69, 9.17) is 0 Å². The van der Waals surface area contributed by atoms with Gasteiger partial charge < -0.3 is 0 Å². The molecule has 29 heavy (non-hydrogen) atoms. The first-order valence-corrected chi connectivity index (χ1v) is 9.70. The summed E-state index contributed by atoms with van der Waals surface area (Å²) in [7, 11) is 0. The highest BCUT2D eigenvalue weighted by Gasteiger charge is 2.15. The fourth-order valence-electron chi connectivity index (χ4n) is 3.64. The maximum atomic E-state index is 3.74. The van der Waals surface area contributed by atoms with Crippen LogP contribution in [-0.4, -0.2) is 0 Å². The van der Waals surface area contributed by atoms with Gasteiger partial charge >= 0.3 is 0 Å². The van der Waals surface area contributed by atoms with Crippen molar-refractivity contribution < 1.29 is 4.70 Å². The lowest BCUT2D eigenvalue weighted by Crippen LogP contribution is -1.78. The van der Waals surface area contributed by atoms with E-state index < -0.39 is 0 Å². The van der Waals surface area contributed by atoms with Crippen molar-refractivity contribution in [2.24, 2.45) is 0 Å². The molecule has 5 rings (SSSR count). The number of fused-ring (bicyclic) bond motifs is 3. The topological polar surface area (TPSA) is 0 Å². The summed E-state index contributed by atoms with van der Waals surface area (Å²) in [5.74, 6) is 0. The van der Waals surface area contributed by atoms with Crippen LogP contribution in [0.3, 0.4) is 0 Å². The van der Waals surface area contributed by atoms with Gasteiger partial charge in [0.05, 0.1) is 0 Å². The van der Waals surface area contributed by atoms with Crippen molar-refractivity contribution in [3.8, 4) is 22.3 Å². The molecule has 0 atom stereocenters. The molecule has 0 aliphatic heterocycles. The van der Waals surface area contributed by atoms with Crippen LogP contribution in [0, 0.1) is 6.92 Å². The molecule has 144 valence electrons. The number of hydrogen-bond acceptors (Lipinski definition) is 0. The highest BCUT2D eigenvalue weighted by molar-refractivity contribution is 5.76. The number of rotatable bonds is 2. The molecule has 0 N–H and O–H groups in total. The molecular weight excluding hydrogens is 355 g/mol. The van der Waals surface area contributed by atoms with Gasteiger partial charge in [-0.15, -0.1) is 0 Å². The molecule has 0 nitrogen and oxygen atoms in total. The predicted molar refractivity (Wildman–Crippen MR) is 124 cm³/mol. The molecule has 0 fully saturated rings. The van der Waals surface area contributed by atoms with Gasteiger partial charge in [-0.2, -0.15) is 0 Å². The van der Waals surface area contributed by atoms with Crippen molar-refractivity contribution in [2.75, 3.05) is 0 Å². The van der Waals surface area contributed by atoms with Crippen LogP contribution in [0.1, 0.15) is 22.3 Å². The molecule has 1 heteroatoms. The number of aryl methyl sites for hydroxylation is 1. The summed E-state index contributed by atoms with van der Waals surface area (Å²) in [6.07, 6.45) is 2.96. The van der Waals surface area contributed by atoms with Crippen LogP contribution in [0.2, 0.25) is 0 Å². The fourth-order valence-corrected chi connectivity index (χ4v) is 3.64. The third kappa shape index (κ3) is 4.52. The van der Waals surface area contributed by atoms with E-state index in [-0.39, 0.29) is 4.70 Å². The van der Waals surface area contributed by atoms with Gasteiger partial charge in [-0.3, -0.25) is 4.70 Å². The van der Waals surface area contributed by atoms with Crippen LogP contribution in [0.15, 0.2) is 104 Å². The van der Waals surface area contributed by atoms with Gasteiger partial charge in [0, 0.05) is 0 Å². The van der Waals surface area contributed by atoms with Gasteiger partial charge in [0.1, 0.15) is 0 Å². The Kier molecular flexibility index (Phi) is 6.41. The van der Waals surface area contributed by atoms with Gasteiger partial charge in [-0.1, -0.05) is 115 Å². The van der Waals surface area contributed by atoms with Crippen molar-refractivity contribution >= 4 is 6.08 Å². The second kappa shape index (κ2) is 9.16. The Morgan fingerprint density at radius 2 is 1.07 bits per heavy atom. The molecule has 0 unspecified atom stereocenters. The molecule has 0 bridgehead atoms. The second-order valence-corrected chi connectivity index (χ2v) is 7.18. The summed E-state index contributed by atoms with van der Waals surface area (Å²) in [6.45, 7) is 5.85. The first kappa shape index (κ1) is 20.3. The van der Waals surface area contributed by atoms with Crippen molar-refractivity contribution in [1.29, 1.82) is 0 Å². The molecule has 0 spiro atoms. The molecule has 0 saturated carbocycles. The highest BCUT2D eigenvalue weighted by Crippen LogP contribution is 2.35. The Hall–Kier alpha value is -3.45. The molecule has 0 amide bonds. The monoisotopic (exact) mass is 380 g/mol. The molecule has 1 aliphatic carbocycles. The SMILES string of the molecule is C=Cc1ccc(-c2ccc(C)cc2)cc1.F.c1ccc2c(c1)Cc1ccccc1-2. The van der Waals surface area contributed by atoms with E-state index in [2.05, 4.69) is 111 Å². The molecule has 1 aliphatic rings. The van der Waals surface area contributed by atoms with Crippen LogP contribution in [-0.2, 0) is 6.42 Å². The Morgan fingerprint density at radius 3 is 1.55 bits per heavy atom. The normalized spacial score (nSPS) is 10.7. The van der Waals surface area contributed by atoms with E-state index in [1.807, 2.05) is 6.08 Å². The minimum atomic E-state index is 0. The molecular formula is C28H25F. The van der Waals surface area contributed by atoms with E-state index in [1.54, 1.807) is 0 Å². The highest BCUT2D eigenvalue weighted by atomic mass is 19.0. The van der Waals surface area contributed by atoms with Gasteiger partial charge in [-0.05, 0) is 52.3 Å². The number of hydrogen-bond donors (Lipinski definition) is 0. The maximum Gasteiger partial charge on any atom is -0.00135 e. The quantitative estimate of drug-likeness (QED) is 0.294. The minimum absolute atomic E-state index is 0. The molecule has 4 aromatic carbocycles. The van der Waals surface area contributed by atoms with Crippen molar-refractivity contribution in [2.45, 2.75) is 13.3 Å². The van der Waals surface area contributed by atoms with E-state index >= 15 is 0 Å². The fraction of sp³-hybridized carbons (Fsp3) is 0.0714. The van der Waals surface area contributed by atoms with Gasteiger partial charge in [0.25, 0.3) is 0 Å². The zero-order valence-corrected chi connectivity index (χ0v) is 16.6. The summed E-state index contributed by atoms with van der Waals surface area (Å²) in [4.78, 5) is 0. The zero-order chi connectivity index (χ0) is 19.3. The Bertz CT molecular complexity index is 1050. The standard InChI is InChI=1S/C15H14.C13H10.FH/c1-3-13-6-10-15(11-7-13)14-8-4-12(2)5-9-14;1-3-7-12-10(5-1)9-11-6-2-4-8-13(11)12;/h3-11H,1H2,2H3;1-8H,9H2;1H. The number of halogens is 1.